The van der Waals surface area contributed by atoms with Crippen molar-refractivity contribution in [2.75, 3.05) is 12.8 Å². The standard InChI is InChI=1S/C21H22ClN7O2S/c1-5-28(10-17-24-16-8-13(22)6-7-14(16)19(31)25-17)18(30)9-15-11(2)23-20-26-21(32-4)27-29(20)12(15)3/h6-8H,5,9-10H2,1-4H3,(H,24,25,31). The summed E-state index contributed by atoms with van der Waals surface area (Å²) in [6, 6.07) is 4.93. The van der Waals surface area contributed by atoms with E-state index in [0.29, 0.717) is 39.2 Å². The molecule has 4 rings (SSSR count). The summed E-state index contributed by atoms with van der Waals surface area (Å²) < 4.78 is 1.67. The SMILES string of the molecule is CCN(Cc1nc2cc(Cl)ccc2c(=O)[nH]1)C(=O)Cc1c(C)nc2nc(SC)nn2c1C. The van der Waals surface area contributed by atoms with Crippen molar-refractivity contribution in [1.82, 2.24) is 34.4 Å². The van der Waals surface area contributed by atoms with Gasteiger partial charge in [0, 0.05) is 28.5 Å². The molecule has 0 aliphatic carbocycles. The van der Waals surface area contributed by atoms with Crippen LogP contribution in [0.3, 0.4) is 0 Å². The lowest BCUT2D eigenvalue weighted by molar-refractivity contribution is -0.131. The fraction of sp³-hybridized carbons (Fsp3) is 0.333. The molecule has 0 aliphatic heterocycles. The molecule has 3 aromatic heterocycles. The lowest BCUT2D eigenvalue weighted by atomic mass is 10.1. The number of H-pyrrole nitrogens is 1. The van der Waals surface area contributed by atoms with Crippen molar-refractivity contribution in [3.05, 3.63) is 56.4 Å². The zero-order valence-electron chi connectivity index (χ0n) is 18.1. The normalized spacial score (nSPS) is 11.4. The van der Waals surface area contributed by atoms with Crippen molar-refractivity contribution >= 4 is 46.0 Å². The van der Waals surface area contributed by atoms with Crippen LogP contribution < -0.4 is 5.56 Å². The summed E-state index contributed by atoms with van der Waals surface area (Å²) in [5, 5.41) is 6.02. The average molecular weight is 472 g/mol. The second-order valence-electron chi connectivity index (χ2n) is 7.33. The Morgan fingerprint density at radius 2 is 2.03 bits per heavy atom. The van der Waals surface area contributed by atoms with Gasteiger partial charge in [-0.2, -0.15) is 4.98 Å². The van der Waals surface area contributed by atoms with Crippen LogP contribution in [0.2, 0.25) is 5.02 Å². The van der Waals surface area contributed by atoms with E-state index in [9.17, 15) is 9.59 Å². The molecule has 0 radical (unpaired) electrons. The number of amides is 1. The number of thioether (sulfide) groups is 1. The number of benzene rings is 1. The van der Waals surface area contributed by atoms with Crippen molar-refractivity contribution < 1.29 is 4.79 Å². The number of aromatic amines is 1. The topological polar surface area (TPSA) is 109 Å². The number of aryl methyl sites for hydroxylation is 2. The third kappa shape index (κ3) is 4.20. The number of nitrogens with one attached hydrogen (secondary N) is 1. The van der Waals surface area contributed by atoms with Gasteiger partial charge in [0.15, 0.2) is 0 Å². The van der Waals surface area contributed by atoms with Gasteiger partial charge in [-0.05, 0) is 45.2 Å². The van der Waals surface area contributed by atoms with E-state index in [4.69, 9.17) is 11.6 Å². The van der Waals surface area contributed by atoms with Crippen LogP contribution in [0.25, 0.3) is 16.7 Å². The van der Waals surface area contributed by atoms with Gasteiger partial charge in [-0.3, -0.25) is 9.59 Å². The number of carbonyl (C=O) groups is 1. The Morgan fingerprint density at radius 3 is 2.75 bits per heavy atom. The van der Waals surface area contributed by atoms with Crippen LogP contribution in [-0.2, 0) is 17.8 Å². The Hall–Kier alpha value is -2.98. The molecule has 1 amide bonds. The van der Waals surface area contributed by atoms with Gasteiger partial charge in [-0.15, -0.1) is 5.10 Å². The van der Waals surface area contributed by atoms with Crippen molar-refractivity contribution in [2.45, 2.75) is 38.9 Å². The molecule has 0 unspecified atom stereocenters. The second kappa shape index (κ2) is 8.87. The van der Waals surface area contributed by atoms with Crippen LogP contribution in [0.4, 0.5) is 0 Å². The summed E-state index contributed by atoms with van der Waals surface area (Å²) in [6.45, 7) is 6.30. The van der Waals surface area contributed by atoms with E-state index in [1.165, 1.54) is 11.8 Å². The zero-order chi connectivity index (χ0) is 23.0. The molecular formula is C21H22ClN7O2S. The third-order valence-corrected chi connectivity index (χ3v) is 6.11. The predicted octanol–water partition coefficient (Wildman–Crippen LogP) is 2.94. The van der Waals surface area contributed by atoms with Crippen molar-refractivity contribution in [2.24, 2.45) is 0 Å². The third-order valence-electron chi connectivity index (χ3n) is 5.33. The summed E-state index contributed by atoms with van der Waals surface area (Å²) in [6.07, 6.45) is 2.06. The number of fused-ring (bicyclic) bond motifs is 2. The maximum absolute atomic E-state index is 13.2. The van der Waals surface area contributed by atoms with E-state index in [1.807, 2.05) is 27.0 Å². The van der Waals surface area contributed by atoms with E-state index < -0.39 is 0 Å². The van der Waals surface area contributed by atoms with Crippen LogP contribution in [0.15, 0.2) is 28.2 Å². The van der Waals surface area contributed by atoms with Crippen LogP contribution in [0.1, 0.15) is 29.7 Å². The highest BCUT2D eigenvalue weighted by atomic mass is 35.5. The monoisotopic (exact) mass is 471 g/mol. The van der Waals surface area contributed by atoms with Gasteiger partial charge in [-0.25, -0.2) is 14.5 Å². The number of hydrogen-bond donors (Lipinski definition) is 1. The summed E-state index contributed by atoms with van der Waals surface area (Å²) in [4.78, 5) is 43.4. The fourth-order valence-electron chi connectivity index (χ4n) is 3.59. The first-order valence-electron chi connectivity index (χ1n) is 10.0. The predicted molar refractivity (Wildman–Crippen MR) is 124 cm³/mol. The molecule has 1 N–H and O–H groups in total. The minimum Gasteiger partial charge on any atom is -0.335 e. The molecule has 4 aromatic rings. The number of rotatable bonds is 6. The van der Waals surface area contributed by atoms with E-state index in [-0.39, 0.29) is 24.4 Å². The molecule has 0 saturated heterocycles. The summed E-state index contributed by atoms with van der Waals surface area (Å²) >= 11 is 7.48. The van der Waals surface area contributed by atoms with E-state index in [0.717, 1.165) is 17.0 Å². The van der Waals surface area contributed by atoms with Crippen LogP contribution in [0, 0.1) is 13.8 Å². The number of halogens is 1. The number of nitrogens with zero attached hydrogens (tertiary/aromatic N) is 6. The largest absolute Gasteiger partial charge is 0.335 e. The molecular weight excluding hydrogens is 450 g/mol. The average Bonchev–Trinajstić information content (AvgIpc) is 3.17. The van der Waals surface area contributed by atoms with Crippen molar-refractivity contribution in [1.29, 1.82) is 0 Å². The van der Waals surface area contributed by atoms with Crippen LogP contribution in [-0.4, -0.2) is 53.2 Å². The summed E-state index contributed by atoms with van der Waals surface area (Å²) in [5.74, 6) is 0.825. The molecule has 0 aliphatic rings. The highest BCUT2D eigenvalue weighted by Crippen LogP contribution is 2.19. The smallest absolute Gasteiger partial charge is 0.258 e. The molecule has 32 heavy (non-hydrogen) atoms. The first kappa shape index (κ1) is 22.2. The lowest BCUT2D eigenvalue weighted by Crippen LogP contribution is -2.33. The summed E-state index contributed by atoms with van der Waals surface area (Å²) in [7, 11) is 0. The first-order chi connectivity index (χ1) is 15.3. The van der Waals surface area contributed by atoms with Gasteiger partial charge in [-0.1, -0.05) is 23.4 Å². The summed E-state index contributed by atoms with van der Waals surface area (Å²) in [5.41, 5.74) is 2.62. The molecule has 0 atom stereocenters. The van der Waals surface area contributed by atoms with E-state index >= 15 is 0 Å². The molecule has 1 aromatic carbocycles. The molecule has 11 heteroatoms. The van der Waals surface area contributed by atoms with Crippen LogP contribution >= 0.6 is 23.4 Å². The van der Waals surface area contributed by atoms with Gasteiger partial charge >= 0.3 is 0 Å². The van der Waals surface area contributed by atoms with E-state index in [2.05, 4.69) is 25.0 Å². The molecule has 166 valence electrons. The molecule has 0 spiro atoms. The Morgan fingerprint density at radius 1 is 1.25 bits per heavy atom. The van der Waals surface area contributed by atoms with Gasteiger partial charge in [0.05, 0.1) is 23.9 Å². The number of hydrogen-bond acceptors (Lipinski definition) is 7. The van der Waals surface area contributed by atoms with E-state index in [1.54, 1.807) is 27.6 Å². The molecule has 9 nitrogen and oxygen atoms in total. The number of aromatic nitrogens is 6. The van der Waals surface area contributed by atoms with Gasteiger partial charge in [0.1, 0.15) is 5.82 Å². The zero-order valence-corrected chi connectivity index (χ0v) is 19.7. The molecule has 0 fully saturated rings. The minimum absolute atomic E-state index is 0.0982. The van der Waals surface area contributed by atoms with Crippen LogP contribution in [0.5, 0.6) is 0 Å². The minimum atomic E-state index is -0.262. The quantitative estimate of drug-likeness (QED) is 0.430. The number of carbonyl (C=O) groups excluding carboxylic acids is 1. The van der Waals surface area contributed by atoms with Crippen molar-refractivity contribution in [3.8, 4) is 0 Å². The molecule has 3 heterocycles. The Labute approximate surface area is 193 Å². The van der Waals surface area contributed by atoms with Gasteiger partial charge in [0.2, 0.25) is 11.1 Å². The van der Waals surface area contributed by atoms with Gasteiger partial charge < -0.3 is 9.88 Å². The Kier molecular flexibility index (Phi) is 6.16. The second-order valence-corrected chi connectivity index (χ2v) is 8.54. The maximum Gasteiger partial charge on any atom is 0.258 e. The highest BCUT2D eigenvalue weighted by molar-refractivity contribution is 7.98. The Bertz CT molecular complexity index is 1400. The lowest BCUT2D eigenvalue weighted by Gasteiger charge is -2.21. The van der Waals surface area contributed by atoms with Gasteiger partial charge in [0.25, 0.3) is 11.3 Å². The fourth-order valence-corrected chi connectivity index (χ4v) is 4.09. The van der Waals surface area contributed by atoms with Crippen molar-refractivity contribution in [3.63, 3.8) is 0 Å². The highest BCUT2D eigenvalue weighted by Gasteiger charge is 2.20. The molecule has 0 saturated carbocycles. The maximum atomic E-state index is 13.2. The molecule has 0 bridgehead atoms. The number of likely N-dealkylation sites (N-methyl/N-ethyl adjacent to an activating group) is 1. The Balaban J connectivity index is 1.61. The first-order valence-corrected chi connectivity index (χ1v) is 11.6.